The number of H-pyrrole nitrogens is 1. The summed E-state index contributed by atoms with van der Waals surface area (Å²) in [6.45, 7) is 3.45. The topological polar surface area (TPSA) is 62.8 Å². The number of aromatic amines is 1. The summed E-state index contributed by atoms with van der Waals surface area (Å²) in [4.78, 5) is 31.8. The predicted molar refractivity (Wildman–Crippen MR) is 104 cm³/mol. The van der Waals surface area contributed by atoms with Crippen LogP contribution in [-0.2, 0) is 0 Å². The molecule has 26 heavy (non-hydrogen) atoms. The molecule has 0 saturated heterocycles. The van der Waals surface area contributed by atoms with E-state index in [0.29, 0.717) is 22.5 Å². The minimum absolute atomic E-state index is 0.199. The van der Waals surface area contributed by atoms with Gasteiger partial charge < -0.3 is 4.98 Å². The molecular formula is C21H19ClN2O2. The van der Waals surface area contributed by atoms with Gasteiger partial charge in [-0.3, -0.25) is 14.6 Å². The Morgan fingerprint density at radius 3 is 2.69 bits per heavy atom. The fourth-order valence-electron chi connectivity index (χ4n) is 3.64. The maximum atomic E-state index is 12.7. The van der Waals surface area contributed by atoms with E-state index in [2.05, 4.69) is 16.0 Å². The molecule has 0 spiro atoms. The van der Waals surface area contributed by atoms with Gasteiger partial charge in [0.25, 0.3) is 0 Å². The highest BCUT2D eigenvalue weighted by Gasteiger charge is 2.23. The van der Waals surface area contributed by atoms with Gasteiger partial charge in [0.15, 0.2) is 11.2 Å². The fraction of sp³-hybridized carbons (Fsp3) is 0.286. The number of rotatable bonds is 3. The third-order valence-corrected chi connectivity index (χ3v) is 5.58. The van der Waals surface area contributed by atoms with Crippen molar-refractivity contribution in [2.75, 3.05) is 0 Å². The van der Waals surface area contributed by atoms with Crippen molar-refractivity contribution in [3.05, 3.63) is 62.5 Å². The summed E-state index contributed by atoms with van der Waals surface area (Å²) in [5.41, 5.74) is 4.46. The number of carbonyl (C=O) groups is 1. The molecule has 4 rings (SSSR count). The molecule has 3 aromatic rings. The van der Waals surface area contributed by atoms with E-state index in [1.807, 2.05) is 13.0 Å². The van der Waals surface area contributed by atoms with Crippen molar-refractivity contribution < 1.29 is 4.79 Å². The number of aryl methyl sites for hydroxylation is 1. The van der Waals surface area contributed by atoms with Crippen molar-refractivity contribution in [3.8, 4) is 11.3 Å². The standard InChI is InChI=1S/C21H19ClN2O2/c1-11-8-15(13-4-3-5-13)16(22)9-14(11)18-10-19(26)20-17(24-18)6-7-23-21(20)12(2)25/h6-10,13H,3-5H2,1-2H3,(H,24,26). The van der Waals surface area contributed by atoms with Crippen LogP contribution in [0.15, 0.2) is 35.3 Å². The highest BCUT2D eigenvalue weighted by atomic mass is 35.5. The Bertz CT molecular complexity index is 1100. The first-order valence-electron chi connectivity index (χ1n) is 8.79. The molecule has 1 aliphatic carbocycles. The number of fused-ring (bicyclic) bond motifs is 1. The number of hydrogen-bond donors (Lipinski definition) is 1. The first kappa shape index (κ1) is 17.0. The van der Waals surface area contributed by atoms with Crippen LogP contribution in [0.2, 0.25) is 5.02 Å². The van der Waals surface area contributed by atoms with E-state index in [-0.39, 0.29) is 16.9 Å². The maximum absolute atomic E-state index is 12.7. The van der Waals surface area contributed by atoms with Crippen LogP contribution in [0.1, 0.15) is 53.7 Å². The van der Waals surface area contributed by atoms with E-state index in [0.717, 1.165) is 16.1 Å². The number of hydrogen-bond acceptors (Lipinski definition) is 3. The molecule has 1 fully saturated rings. The third-order valence-electron chi connectivity index (χ3n) is 5.25. The molecule has 0 aliphatic heterocycles. The molecule has 132 valence electrons. The van der Waals surface area contributed by atoms with Crippen LogP contribution >= 0.6 is 11.6 Å². The second-order valence-electron chi connectivity index (χ2n) is 7.00. The molecule has 1 saturated carbocycles. The van der Waals surface area contributed by atoms with Crippen molar-refractivity contribution >= 4 is 28.3 Å². The predicted octanol–water partition coefficient (Wildman–Crippen LogP) is 5.02. The van der Waals surface area contributed by atoms with Crippen LogP contribution in [0, 0.1) is 6.92 Å². The minimum Gasteiger partial charge on any atom is -0.354 e. The number of ketones is 1. The van der Waals surface area contributed by atoms with Gasteiger partial charge in [-0.15, -0.1) is 0 Å². The molecule has 0 amide bonds. The van der Waals surface area contributed by atoms with Crippen LogP contribution in [0.3, 0.4) is 0 Å². The van der Waals surface area contributed by atoms with Crippen molar-refractivity contribution in [1.82, 2.24) is 9.97 Å². The first-order chi connectivity index (χ1) is 12.5. The zero-order valence-corrected chi connectivity index (χ0v) is 15.5. The first-order valence-corrected chi connectivity index (χ1v) is 9.17. The van der Waals surface area contributed by atoms with E-state index in [1.165, 1.54) is 44.0 Å². The van der Waals surface area contributed by atoms with Gasteiger partial charge in [0.1, 0.15) is 5.69 Å². The van der Waals surface area contributed by atoms with Crippen molar-refractivity contribution in [1.29, 1.82) is 0 Å². The van der Waals surface area contributed by atoms with Crippen molar-refractivity contribution in [2.45, 2.75) is 39.0 Å². The summed E-state index contributed by atoms with van der Waals surface area (Å²) >= 11 is 6.54. The average molecular weight is 367 g/mol. The molecule has 1 aliphatic rings. The highest BCUT2D eigenvalue weighted by Crippen LogP contribution is 2.41. The van der Waals surface area contributed by atoms with Gasteiger partial charge in [-0.1, -0.05) is 24.1 Å². The van der Waals surface area contributed by atoms with Crippen molar-refractivity contribution in [2.24, 2.45) is 0 Å². The second kappa shape index (κ2) is 6.36. The van der Waals surface area contributed by atoms with E-state index >= 15 is 0 Å². The molecule has 0 atom stereocenters. The smallest absolute Gasteiger partial charge is 0.192 e. The molecule has 4 nitrogen and oxygen atoms in total. The monoisotopic (exact) mass is 366 g/mol. The largest absolute Gasteiger partial charge is 0.354 e. The van der Waals surface area contributed by atoms with Gasteiger partial charge in [0.05, 0.1) is 16.6 Å². The third kappa shape index (κ3) is 2.74. The quantitative estimate of drug-likeness (QED) is 0.662. The Morgan fingerprint density at radius 2 is 2.04 bits per heavy atom. The maximum Gasteiger partial charge on any atom is 0.192 e. The molecule has 1 N–H and O–H groups in total. The summed E-state index contributed by atoms with van der Waals surface area (Å²) in [7, 11) is 0. The number of halogens is 1. The van der Waals surface area contributed by atoms with Gasteiger partial charge in [-0.25, -0.2) is 0 Å². The van der Waals surface area contributed by atoms with Crippen LogP contribution in [0.25, 0.3) is 22.2 Å². The Kier molecular flexibility index (Phi) is 4.16. The number of nitrogens with zero attached hydrogens (tertiary/aromatic N) is 1. The Balaban J connectivity index is 1.89. The zero-order valence-electron chi connectivity index (χ0n) is 14.7. The summed E-state index contributed by atoms with van der Waals surface area (Å²) in [5, 5.41) is 1.08. The van der Waals surface area contributed by atoms with Crippen molar-refractivity contribution in [3.63, 3.8) is 0 Å². The lowest BCUT2D eigenvalue weighted by atomic mass is 9.79. The Hall–Kier alpha value is -2.46. The van der Waals surface area contributed by atoms with Crippen LogP contribution in [0.4, 0.5) is 0 Å². The number of pyridine rings is 2. The SMILES string of the molecule is CC(=O)c1nccc2[nH]c(-c3cc(Cl)c(C4CCC4)cc3C)cc(=O)c12. The summed E-state index contributed by atoms with van der Waals surface area (Å²) in [5.74, 6) is 0.327. The molecule has 1 aromatic carbocycles. The van der Waals surface area contributed by atoms with Gasteiger partial charge >= 0.3 is 0 Å². The number of aromatic nitrogens is 2. The zero-order chi connectivity index (χ0) is 18.4. The summed E-state index contributed by atoms with van der Waals surface area (Å²) in [6, 6.07) is 7.32. The Morgan fingerprint density at radius 1 is 1.27 bits per heavy atom. The fourth-order valence-corrected chi connectivity index (χ4v) is 3.96. The molecule has 0 radical (unpaired) electrons. The number of nitrogens with one attached hydrogen (secondary N) is 1. The van der Waals surface area contributed by atoms with E-state index in [4.69, 9.17) is 11.6 Å². The van der Waals surface area contributed by atoms with Gasteiger partial charge in [0, 0.05) is 29.8 Å². The van der Waals surface area contributed by atoms with Crippen LogP contribution in [0.5, 0.6) is 0 Å². The van der Waals surface area contributed by atoms with Gasteiger partial charge in [-0.05, 0) is 48.9 Å². The van der Waals surface area contributed by atoms with Gasteiger partial charge in [0.2, 0.25) is 0 Å². The van der Waals surface area contributed by atoms with Gasteiger partial charge in [-0.2, -0.15) is 0 Å². The number of Topliss-reactive ketones (excluding diaryl/α,β-unsaturated/α-hetero) is 1. The molecular weight excluding hydrogens is 348 g/mol. The number of carbonyl (C=O) groups excluding carboxylic acids is 1. The lowest BCUT2D eigenvalue weighted by molar-refractivity contribution is 0.101. The van der Waals surface area contributed by atoms with E-state index < -0.39 is 0 Å². The van der Waals surface area contributed by atoms with Crippen LogP contribution in [-0.4, -0.2) is 15.8 Å². The molecule has 5 heteroatoms. The normalized spacial score (nSPS) is 14.4. The summed E-state index contributed by atoms with van der Waals surface area (Å²) in [6.07, 6.45) is 5.17. The summed E-state index contributed by atoms with van der Waals surface area (Å²) < 4.78 is 0. The lowest BCUT2D eigenvalue weighted by Crippen LogP contribution is -2.11. The lowest BCUT2D eigenvalue weighted by Gasteiger charge is -2.27. The molecule has 0 unspecified atom stereocenters. The second-order valence-corrected chi connectivity index (χ2v) is 7.41. The minimum atomic E-state index is -0.224. The average Bonchev–Trinajstić information content (AvgIpc) is 2.55. The molecule has 0 bridgehead atoms. The number of benzene rings is 1. The highest BCUT2D eigenvalue weighted by molar-refractivity contribution is 6.31. The molecule has 2 heterocycles. The van der Waals surface area contributed by atoms with E-state index in [1.54, 1.807) is 6.07 Å². The Labute approximate surface area is 156 Å². The van der Waals surface area contributed by atoms with E-state index in [9.17, 15) is 9.59 Å². The van der Waals surface area contributed by atoms with Crippen LogP contribution < -0.4 is 5.43 Å². The molecule has 2 aromatic heterocycles.